The molecule has 0 fully saturated rings. The predicted molar refractivity (Wildman–Crippen MR) is 139 cm³/mol. The first kappa shape index (κ1) is 26.5. The van der Waals surface area contributed by atoms with Crippen LogP contribution in [0.3, 0.4) is 0 Å². The Morgan fingerprint density at radius 1 is 1.14 bits per heavy atom. The van der Waals surface area contributed by atoms with E-state index in [0.29, 0.717) is 10.6 Å². The summed E-state index contributed by atoms with van der Waals surface area (Å²) in [6, 6.07) is 8.04. The summed E-state index contributed by atoms with van der Waals surface area (Å²) >= 11 is 12.5. The van der Waals surface area contributed by atoms with Crippen molar-refractivity contribution in [3.05, 3.63) is 75.5 Å². The Morgan fingerprint density at radius 3 is 2.51 bits per heavy atom. The summed E-state index contributed by atoms with van der Waals surface area (Å²) in [6.07, 6.45) is 2.59. The van der Waals surface area contributed by atoms with Gasteiger partial charge in [-0.05, 0) is 48.9 Å². The lowest BCUT2D eigenvalue weighted by atomic mass is 10.0. The zero-order valence-electron chi connectivity index (χ0n) is 19.4. The highest BCUT2D eigenvalue weighted by molar-refractivity contribution is 7.85. The third-order valence-corrected chi connectivity index (χ3v) is 6.84. The Hall–Kier alpha value is -3.58. The number of aromatic nitrogens is 2. The fourth-order valence-electron chi connectivity index (χ4n) is 3.86. The average molecular weight is 563 g/mol. The van der Waals surface area contributed by atoms with E-state index >= 15 is 0 Å². The van der Waals surface area contributed by atoms with Crippen molar-refractivity contribution in [2.75, 3.05) is 17.4 Å². The molecule has 2 aromatic heterocycles. The van der Waals surface area contributed by atoms with E-state index in [4.69, 9.17) is 23.2 Å². The molecule has 0 aliphatic carbocycles. The predicted octanol–water partition coefficient (Wildman–Crippen LogP) is 3.32. The first-order valence-corrected chi connectivity index (χ1v) is 12.9. The SMILES string of the molecule is CNC(=O)c1cc(Cl)cc(C)c1NC(=O)C1CC(c2cccnc2S(=O)(=O)O)=NN1c1ncccc1Cl. The average Bonchev–Trinajstić information content (AvgIpc) is 3.30. The lowest BCUT2D eigenvalue weighted by Crippen LogP contribution is -2.39. The number of nitrogens with zero attached hydrogens (tertiary/aromatic N) is 4. The molecule has 1 aliphatic heterocycles. The number of nitrogens with one attached hydrogen (secondary N) is 2. The number of amides is 2. The van der Waals surface area contributed by atoms with Gasteiger partial charge >= 0.3 is 10.1 Å². The van der Waals surface area contributed by atoms with Gasteiger partial charge in [0.2, 0.25) is 5.91 Å². The fraction of sp³-hybridized carbons (Fsp3) is 0.174. The van der Waals surface area contributed by atoms with E-state index in [-0.39, 0.29) is 39.8 Å². The smallest absolute Gasteiger partial charge is 0.312 e. The number of pyridine rings is 2. The minimum absolute atomic E-state index is 0.0195. The molecule has 1 aromatic carbocycles. The topological polar surface area (TPSA) is 154 Å². The van der Waals surface area contributed by atoms with Crippen LogP contribution in [0.4, 0.5) is 11.5 Å². The number of hydrazone groups is 1. The number of halogens is 2. The van der Waals surface area contributed by atoms with Crippen molar-refractivity contribution < 1.29 is 22.6 Å². The highest BCUT2D eigenvalue weighted by Gasteiger charge is 2.38. The minimum atomic E-state index is -4.68. The van der Waals surface area contributed by atoms with Gasteiger partial charge in [0.1, 0.15) is 6.04 Å². The standard InChI is InChI=1S/C23H20Cl2N6O5S/c1-12-9-13(24)10-15(21(32)26-2)19(12)29-22(33)18-11-17(14-5-3-8-28-23(14)37(34,35)36)30-31(18)20-16(25)6-4-7-27-20/h3-10,18H,11H2,1-2H3,(H,26,32)(H,29,33)(H,34,35,36). The van der Waals surface area contributed by atoms with Crippen LogP contribution in [0, 0.1) is 6.92 Å². The van der Waals surface area contributed by atoms with Gasteiger partial charge in [-0.3, -0.25) is 14.1 Å². The van der Waals surface area contributed by atoms with Crippen LogP contribution < -0.4 is 15.6 Å². The molecule has 3 aromatic rings. The maximum atomic E-state index is 13.6. The number of hydrogen-bond donors (Lipinski definition) is 3. The molecule has 0 spiro atoms. The summed E-state index contributed by atoms with van der Waals surface area (Å²) in [7, 11) is -3.23. The molecule has 4 rings (SSSR count). The summed E-state index contributed by atoms with van der Waals surface area (Å²) in [5.41, 5.74) is 1.12. The number of hydrogen-bond acceptors (Lipinski definition) is 8. The quantitative estimate of drug-likeness (QED) is 0.386. The Balaban J connectivity index is 1.78. The summed E-state index contributed by atoms with van der Waals surface area (Å²) in [4.78, 5) is 34.1. The van der Waals surface area contributed by atoms with Crippen LogP contribution >= 0.6 is 23.2 Å². The van der Waals surface area contributed by atoms with E-state index in [2.05, 4.69) is 25.7 Å². The van der Waals surface area contributed by atoms with Gasteiger partial charge in [-0.2, -0.15) is 13.5 Å². The Morgan fingerprint density at radius 2 is 1.84 bits per heavy atom. The maximum Gasteiger partial charge on any atom is 0.312 e. The van der Waals surface area contributed by atoms with Gasteiger partial charge in [-0.15, -0.1) is 0 Å². The molecule has 0 saturated carbocycles. The number of anilines is 2. The molecule has 192 valence electrons. The van der Waals surface area contributed by atoms with Crippen LogP contribution in [0.15, 0.2) is 58.9 Å². The van der Waals surface area contributed by atoms with E-state index in [0.717, 1.165) is 0 Å². The van der Waals surface area contributed by atoms with Crippen LogP contribution in [0.1, 0.15) is 27.9 Å². The number of aryl methyl sites for hydroxylation is 1. The van der Waals surface area contributed by atoms with Crippen molar-refractivity contribution in [3.63, 3.8) is 0 Å². The van der Waals surface area contributed by atoms with Gasteiger partial charge in [-0.1, -0.05) is 23.2 Å². The number of carbonyl (C=O) groups excluding carboxylic acids is 2. The largest absolute Gasteiger partial charge is 0.355 e. The summed E-state index contributed by atoms with van der Waals surface area (Å²) in [6.45, 7) is 1.69. The normalized spacial score (nSPS) is 15.3. The maximum absolute atomic E-state index is 13.6. The molecule has 2 amide bonds. The first-order chi connectivity index (χ1) is 17.5. The molecule has 3 N–H and O–H groups in total. The van der Waals surface area contributed by atoms with Crippen molar-refractivity contribution in [2.45, 2.75) is 24.4 Å². The molecular weight excluding hydrogens is 543 g/mol. The monoisotopic (exact) mass is 562 g/mol. The highest BCUT2D eigenvalue weighted by Crippen LogP contribution is 2.33. The van der Waals surface area contributed by atoms with Gasteiger partial charge in [0, 0.05) is 36.4 Å². The first-order valence-electron chi connectivity index (χ1n) is 10.7. The Bertz CT molecular complexity index is 1550. The molecule has 1 aliphatic rings. The third kappa shape index (κ3) is 5.42. The van der Waals surface area contributed by atoms with Crippen molar-refractivity contribution in [3.8, 4) is 0 Å². The van der Waals surface area contributed by atoms with Crippen molar-refractivity contribution in [2.24, 2.45) is 5.10 Å². The molecule has 1 atom stereocenters. The Labute approximate surface area is 222 Å². The van der Waals surface area contributed by atoms with E-state index < -0.39 is 33.0 Å². The van der Waals surface area contributed by atoms with Crippen molar-refractivity contribution >= 4 is 62.4 Å². The van der Waals surface area contributed by atoms with Crippen LogP contribution in [-0.2, 0) is 14.9 Å². The van der Waals surface area contributed by atoms with E-state index in [1.54, 1.807) is 25.1 Å². The highest BCUT2D eigenvalue weighted by atomic mass is 35.5. The third-order valence-electron chi connectivity index (χ3n) is 5.52. The lowest BCUT2D eigenvalue weighted by molar-refractivity contribution is -0.117. The zero-order chi connectivity index (χ0) is 26.9. The van der Waals surface area contributed by atoms with Crippen LogP contribution in [-0.4, -0.2) is 53.6 Å². The molecule has 14 heteroatoms. The number of carbonyl (C=O) groups is 2. The molecule has 0 radical (unpaired) electrons. The second-order valence-corrected chi connectivity index (χ2v) is 10.1. The molecule has 11 nitrogen and oxygen atoms in total. The molecule has 3 heterocycles. The van der Waals surface area contributed by atoms with E-state index in [1.807, 2.05) is 0 Å². The second kappa shape index (κ2) is 10.4. The van der Waals surface area contributed by atoms with Crippen molar-refractivity contribution in [1.29, 1.82) is 0 Å². The summed E-state index contributed by atoms with van der Waals surface area (Å²) in [5.74, 6) is -0.883. The lowest BCUT2D eigenvalue weighted by Gasteiger charge is -2.23. The van der Waals surface area contributed by atoms with E-state index in [9.17, 15) is 22.6 Å². The number of benzene rings is 1. The summed E-state index contributed by atoms with van der Waals surface area (Å²) in [5, 5.41) is 10.9. The van der Waals surface area contributed by atoms with E-state index in [1.165, 1.54) is 42.6 Å². The van der Waals surface area contributed by atoms with Gasteiger partial charge in [0.25, 0.3) is 5.91 Å². The minimum Gasteiger partial charge on any atom is -0.355 e. The van der Waals surface area contributed by atoms with Crippen LogP contribution in [0.5, 0.6) is 0 Å². The van der Waals surface area contributed by atoms with Gasteiger partial charge in [-0.25, -0.2) is 15.0 Å². The number of rotatable bonds is 6. The van der Waals surface area contributed by atoms with Crippen LogP contribution in [0.25, 0.3) is 0 Å². The van der Waals surface area contributed by atoms with Crippen molar-refractivity contribution in [1.82, 2.24) is 15.3 Å². The molecule has 0 saturated heterocycles. The second-order valence-electron chi connectivity index (χ2n) is 7.96. The Kier molecular flexibility index (Phi) is 7.46. The van der Waals surface area contributed by atoms with Gasteiger partial charge in [0.05, 0.1) is 22.0 Å². The molecule has 0 bridgehead atoms. The van der Waals surface area contributed by atoms with Crippen LogP contribution in [0.2, 0.25) is 10.0 Å². The van der Waals surface area contributed by atoms with Gasteiger partial charge < -0.3 is 10.6 Å². The molecule has 1 unspecified atom stereocenters. The fourth-order valence-corrected chi connectivity index (χ4v) is 5.00. The summed E-state index contributed by atoms with van der Waals surface area (Å²) < 4.78 is 33.5. The zero-order valence-corrected chi connectivity index (χ0v) is 21.8. The molecule has 37 heavy (non-hydrogen) atoms. The molecular formula is C23H20Cl2N6O5S. The van der Waals surface area contributed by atoms with Gasteiger partial charge in [0.15, 0.2) is 10.8 Å².